The number of ether oxygens (including phenoxy) is 1. The van der Waals surface area contributed by atoms with Crippen molar-refractivity contribution >= 4 is 12.2 Å². The molecule has 0 heterocycles. The van der Waals surface area contributed by atoms with E-state index in [-0.39, 0.29) is 5.82 Å². The zero-order chi connectivity index (χ0) is 13.5. The molecule has 0 unspecified atom stereocenters. The van der Waals surface area contributed by atoms with E-state index in [0.717, 1.165) is 16.9 Å². The van der Waals surface area contributed by atoms with Crippen LogP contribution in [0.4, 0.5) is 4.39 Å². The number of hydrogen-bond acceptors (Lipinski definition) is 1. The molecule has 2 aromatic carbocycles. The van der Waals surface area contributed by atoms with Crippen LogP contribution in [-0.4, -0.2) is 7.11 Å². The summed E-state index contributed by atoms with van der Waals surface area (Å²) < 4.78 is 17.8. The Morgan fingerprint density at radius 1 is 0.789 bits per heavy atom. The normalized spacial score (nSPS) is 11.3. The average molecular weight is 254 g/mol. The van der Waals surface area contributed by atoms with Gasteiger partial charge in [0, 0.05) is 0 Å². The number of benzene rings is 2. The van der Waals surface area contributed by atoms with E-state index in [2.05, 4.69) is 0 Å². The Hall–Kier alpha value is -2.35. The molecule has 0 aliphatic heterocycles. The molecule has 0 saturated carbocycles. The van der Waals surface area contributed by atoms with E-state index in [1.165, 1.54) is 12.1 Å². The van der Waals surface area contributed by atoms with Gasteiger partial charge in [0.25, 0.3) is 0 Å². The number of allylic oxidation sites excluding steroid dienone is 2. The Morgan fingerprint density at radius 3 is 1.74 bits per heavy atom. The highest BCUT2D eigenvalue weighted by molar-refractivity contribution is 5.57. The Morgan fingerprint density at radius 2 is 1.26 bits per heavy atom. The summed E-state index contributed by atoms with van der Waals surface area (Å²) >= 11 is 0. The number of rotatable bonds is 4. The third kappa shape index (κ3) is 4.11. The SMILES string of the molecule is COc1ccc(/C=C/C=C/c2ccc(F)cc2)cc1. The van der Waals surface area contributed by atoms with Crippen molar-refractivity contribution < 1.29 is 9.13 Å². The third-order valence-corrected chi connectivity index (χ3v) is 2.67. The van der Waals surface area contributed by atoms with Crippen molar-refractivity contribution in [3.8, 4) is 5.75 Å². The molecule has 0 aromatic heterocycles. The Labute approximate surface area is 112 Å². The van der Waals surface area contributed by atoms with Crippen LogP contribution >= 0.6 is 0 Å². The minimum absolute atomic E-state index is 0.217. The van der Waals surface area contributed by atoms with Gasteiger partial charge in [0.05, 0.1) is 7.11 Å². The molecule has 96 valence electrons. The summed E-state index contributed by atoms with van der Waals surface area (Å²) in [4.78, 5) is 0. The van der Waals surface area contributed by atoms with Gasteiger partial charge in [0.2, 0.25) is 0 Å². The van der Waals surface area contributed by atoms with Crippen LogP contribution in [0.15, 0.2) is 60.7 Å². The van der Waals surface area contributed by atoms with Crippen LogP contribution in [0.25, 0.3) is 12.2 Å². The highest BCUT2D eigenvalue weighted by Gasteiger charge is 1.89. The molecule has 19 heavy (non-hydrogen) atoms. The van der Waals surface area contributed by atoms with Crippen molar-refractivity contribution in [3.63, 3.8) is 0 Å². The summed E-state index contributed by atoms with van der Waals surface area (Å²) in [5.74, 6) is 0.630. The maximum atomic E-state index is 12.7. The van der Waals surface area contributed by atoms with Gasteiger partial charge in [0.15, 0.2) is 0 Å². The molecule has 0 radical (unpaired) electrons. The zero-order valence-corrected chi connectivity index (χ0v) is 10.7. The van der Waals surface area contributed by atoms with Crippen LogP contribution in [0.5, 0.6) is 5.75 Å². The van der Waals surface area contributed by atoms with Gasteiger partial charge in [-0.2, -0.15) is 0 Å². The van der Waals surface area contributed by atoms with Crippen molar-refractivity contribution in [1.82, 2.24) is 0 Å². The predicted octanol–water partition coefficient (Wildman–Crippen LogP) is 4.56. The molecule has 2 heteroatoms. The molecule has 0 spiro atoms. The van der Waals surface area contributed by atoms with Gasteiger partial charge < -0.3 is 4.74 Å². The minimum atomic E-state index is -0.217. The lowest BCUT2D eigenvalue weighted by Gasteiger charge is -1.98. The fraction of sp³-hybridized carbons (Fsp3) is 0.0588. The first-order chi connectivity index (χ1) is 9.28. The molecule has 0 amide bonds. The molecular formula is C17H15FO. The maximum absolute atomic E-state index is 12.7. The predicted molar refractivity (Wildman–Crippen MR) is 77.5 cm³/mol. The van der Waals surface area contributed by atoms with Crippen LogP contribution < -0.4 is 4.74 Å². The second-order valence-corrected chi connectivity index (χ2v) is 4.04. The molecule has 2 rings (SSSR count). The van der Waals surface area contributed by atoms with E-state index >= 15 is 0 Å². The van der Waals surface area contributed by atoms with Crippen molar-refractivity contribution in [3.05, 3.63) is 77.6 Å². The molecule has 0 bridgehead atoms. The van der Waals surface area contributed by atoms with Gasteiger partial charge in [-0.15, -0.1) is 0 Å². The van der Waals surface area contributed by atoms with Crippen molar-refractivity contribution in [2.75, 3.05) is 7.11 Å². The summed E-state index contributed by atoms with van der Waals surface area (Å²) in [6, 6.07) is 14.2. The van der Waals surface area contributed by atoms with E-state index in [4.69, 9.17) is 4.74 Å². The lowest BCUT2D eigenvalue weighted by Crippen LogP contribution is -1.81. The molecular weight excluding hydrogens is 239 g/mol. The summed E-state index contributed by atoms with van der Waals surface area (Å²) in [5.41, 5.74) is 2.07. The van der Waals surface area contributed by atoms with E-state index in [1.807, 2.05) is 48.6 Å². The lowest BCUT2D eigenvalue weighted by molar-refractivity contribution is 0.415. The second-order valence-electron chi connectivity index (χ2n) is 4.04. The van der Waals surface area contributed by atoms with Gasteiger partial charge in [-0.25, -0.2) is 4.39 Å². The lowest BCUT2D eigenvalue weighted by atomic mass is 10.2. The Bertz CT molecular complexity index is 565. The second kappa shape index (κ2) is 6.55. The molecule has 0 saturated heterocycles. The summed E-state index contributed by atoms with van der Waals surface area (Å²) in [6.45, 7) is 0. The Balaban J connectivity index is 1.96. The van der Waals surface area contributed by atoms with Crippen LogP contribution in [0.1, 0.15) is 11.1 Å². The first-order valence-electron chi connectivity index (χ1n) is 6.02. The summed E-state index contributed by atoms with van der Waals surface area (Å²) in [6.07, 6.45) is 7.81. The van der Waals surface area contributed by atoms with Crippen LogP contribution in [-0.2, 0) is 0 Å². The van der Waals surface area contributed by atoms with E-state index in [0.29, 0.717) is 0 Å². The highest BCUT2D eigenvalue weighted by atomic mass is 19.1. The van der Waals surface area contributed by atoms with Gasteiger partial charge in [-0.05, 0) is 35.4 Å². The largest absolute Gasteiger partial charge is 0.497 e. The smallest absolute Gasteiger partial charge is 0.123 e. The summed E-state index contributed by atoms with van der Waals surface area (Å²) in [7, 11) is 1.65. The maximum Gasteiger partial charge on any atom is 0.123 e. The van der Waals surface area contributed by atoms with E-state index in [9.17, 15) is 4.39 Å². The number of methoxy groups -OCH3 is 1. The summed E-state index contributed by atoms with van der Waals surface area (Å²) in [5, 5.41) is 0. The molecule has 0 atom stereocenters. The van der Waals surface area contributed by atoms with E-state index < -0.39 is 0 Å². The quantitative estimate of drug-likeness (QED) is 0.727. The molecule has 0 fully saturated rings. The fourth-order valence-corrected chi connectivity index (χ4v) is 1.62. The average Bonchev–Trinajstić information content (AvgIpc) is 2.46. The highest BCUT2D eigenvalue weighted by Crippen LogP contribution is 2.12. The molecule has 0 aliphatic rings. The topological polar surface area (TPSA) is 9.23 Å². The monoisotopic (exact) mass is 254 g/mol. The van der Waals surface area contributed by atoms with Gasteiger partial charge in [-0.3, -0.25) is 0 Å². The standard InChI is InChI=1S/C17H15FO/c1-19-17-12-8-15(9-13-17)5-3-2-4-14-6-10-16(18)11-7-14/h2-13H,1H3/b4-2+,5-3+. The zero-order valence-electron chi connectivity index (χ0n) is 10.7. The molecule has 0 N–H and O–H groups in total. The van der Waals surface area contributed by atoms with Gasteiger partial charge in [0.1, 0.15) is 11.6 Å². The van der Waals surface area contributed by atoms with Crippen LogP contribution in [0, 0.1) is 5.82 Å². The van der Waals surface area contributed by atoms with Crippen molar-refractivity contribution in [1.29, 1.82) is 0 Å². The molecule has 1 nitrogen and oxygen atoms in total. The number of halogens is 1. The van der Waals surface area contributed by atoms with Crippen LogP contribution in [0.2, 0.25) is 0 Å². The Kier molecular flexibility index (Phi) is 4.51. The first-order valence-corrected chi connectivity index (χ1v) is 6.02. The third-order valence-electron chi connectivity index (χ3n) is 2.67. The van der Waals surface area contributed by atoms with Crippen molar-refractivity contribution in [2.24, 2.45) is 0 Å². The van der Waals surface area contributed by atoms with E-state index in [1.54, 1.807) is 19.2 Å². The van der Waals surface area contributed by atoms with Crippen molar-refractivity contribution in [2.45, 2.75) is 0 Å². The first kappa shape index (κ1) is 13.1. The molecule has 2 aromatic rings. The molecule has 0 aliphatic carbocycles. The number of hydrogen-bond donors (Lipinski definition) is 0. The van der Waals surface area contributed by atoms with Crippen LogP contribution in [0.3, 0.4) is 0 Å². The van der Waals surface area contributed by atoms with Gasteiger partial charge >= 0.3 is 0 Å². The fourth-order valence-electron chi connectivity index (χ4n) is 1.62. The minimum Gasteiger partial charge on any atom is -0.497 e. The van der Waals surface area contributed by atoms with Gasteiger partial charge in [-0.1, -0.05) is 48.6 Å².